The third kappa shape index (κ3) is 5.31. The number of thiazole rings is 1. The van der Waals surface area contributed by atoms with Crippen molar-refractivity contribution in [2.24, 2.45) is 0 Å². The molecule has 0 fully saturated rings. The number of nitrogens with zero attached hydrogens (tertiary/aromatic N) is 1. The number of carbonyl (C=O) groups is 1. The molecule has 1 aliphatic rings. The van der Waals surface area contributed by atoms with E-state index in [4.69, 9.17) is 9.47 Å². The van der Waals surface area contributed by atoms with E-state index in [2.05, 4.69) is 15.7 Å². The van der Waals surface area contributed by atoms with Gasteiger partial charge in [0.25, 0.3) is 5.91 Å². The zero-order valence-corrected chi connectivity index (χ0v) is 17.8. The van der Waals surface area contributed by atoms with Crippen LogP contribution in [0.3, 0.4) is 0 Å². The molecule has 0 saturated carbocycles. The Morgan fingerprint density at radius 1 is 1.10 bits per heavy atom. The molecule has 7 heteroatoms. The average molecular weight is 427 g/mol. The molecular weight excluding hydrogens is 404 g/mol. The number of thioether (sulfide) groups is 1. The van der Waals surface area contributed by atoms with Crippen LogP contribution in [0.2, 0.25) is 0 Å². The molecule has 150 valence electrons. The Kier molecular flexibility index (Phi) is 6.36. The highest BCUT2D eigenvalue weighted by Crippen LogP contribution is 2.30. The van der Waals surface area contributed by atoms with E-state index < -0.39 is 0 Å². The van der Waals surface area contributed by atoms with Gasteiger partial charge in [-0.05, 0) is 48.7 Å². The molecule has 1 aliphatic heterocycles. The van der Waals surface area contributed by atoms with Crippen LogP contribution in [-0.4, -0.2) is 30.6 Å². The third-order valence-electron chi connectivity index (χ3n) is 4.48. The van der Waals surface area contributed by atoms with Crippen molar-refractivity contribution in [1.29, 1.82) is 0 Å². The van der Waals surface area contributed by atoms with Crippen molar-refractivity contribution in [3.8, 4) is 11.5 Å². The lowest BCUT2D eigenvalue weighted by atomic mass is 10.1. The number of hydrogen-bond acceptors (Lipinski definition) is 6. The molecule has 1 amide bonds. The van der Waals surface area contributed by atoms with Crippen molar-refractivity contribution >= 4 is 29.0 Å². The molecule has 0 bridgehead atoms. The van der Waals surface area contributed by atoms with E-state index in [1.807, 2.05) is 49.4 Å². The Morgan fingerprint density at radius 2 is 1.86 bits per heavy atom. The molecule has 0 radical (unpaired) electrons. The van der Waals surface area contributed by atoms with E-state index in [1.165, 1.54) is 5.56 Å². The number of rotatable bonds is 7. The molecule has 5 nitrogen and oxygen atoms in total. The Labute approximate surface area is 178 Å². The van der Waals surface area contributed by atoms with Gasteiger partial charge in [-0.15, -0.1) is 11.3 Å². The summed E-state index contributed by atoms with van der Waals surface area (Å²) in [5.74, 6) is 2.35. The van der Waals surface area contributed by atoms with Crippen LogP contribution in [0, 0.1) is 6.92 Å². The van der Waals surface area contributed by atoms with Gasteiger partial charge in [-0.25, -0.2) is 4.98 Å². The Balaban J connectivity index is 1.25. The van der Waals surface area contributed by atoms with E-state index in [1.54, 1.807) is 23.1 Å². The summed E-state index contributed by atoms with van der Waals surface area (Å²) in [5, 5.41) is 5.04. The van der Waals surface area contributed by atoms with Gasteiger partial charge in [0.15, 0.2) is 11.5 Å². The number of carbonyl (C=O) groups excluding carboxylic acids is 1. The van der Waals surface area contributed by atoms with Crippen molar-refractivity contribution in [3.63, 3.8) is 0 Å². The number of aromatic nitrogens is 1. The topological polar surface area (TPSA) is 60.5 Å². The summed E-state index contributed by atoms with van der Waals surface area (Å²) >= 11 is 3.38. The fourth-order valence-electron chi connectivity index (χ4n) is 2.96. The summed E-state index contributed by atoms with van der Waals surface area (Å²) in [5.41, 5.74) is 4.02. The minimum absolute atomic E-state index is 0.0581. The molecule has 1 N–H and O–H groups in total. The van der Waals surface area contributed by atoms with Crippen LogP contribution < -0.4 is 14.8 Å². The van der Waals surface area contributed by atoms with Gasteiger partial charge >= 0.3 is 0 Å². The molecule has 4 rings (SSSR count). The second-order valence-electron chi connectivity index (χ2n) is 6.72. The number of aryl methyl sites for hydroxylation is 1. The molecule has 1 aromatic heterocycles. The predicted molar refractivity (Wildman–Crippen MR) is 116 cm³/mol. The van der Waals surface area contributed by atoms with Gasteiger partial charge in [0.2, 0.25) is 0 Å². The summed E-state index contributed by atoms with van der Waals surface area (Å²) in [4.78, 5) is 16.8. The van der Waals surface area contributed by atoms with Crippen molar-refractivity contribution < 1.29 is 14.3 Å². The molecule has 0 unspecified atom stereocenters. The second kappa shape index (κ2) is 9.33. The van der Waals surface area contributed by atoms with Gasteiger partial charge < -0.3 is 14.8 Å². The molecule has 0 spiro atoms. The van der Waals surface area contributed by atoms with Gasteiger partial charge in [0.05, 0.1) is 0 Å². The normalized spacial score (nSPS) is 12.6. The predicted octanol–water partition coefficient (Wildman–Crippen LogP) is 4.49. The van der Waals surface area contributed by atoms with E-state index >= 15 is 0 Å². The number of benzene rings is 2. The van der Waals surface area contributed by atoms with Crippen molar-refractivity contribution in [2.75, 3.05) is 19.8 Å². The zero-order chi connectivity index (χ0) is 20.1. The molecule has 2 aromatic carbocycles. The maximum absolute atomic E-state index is 12.4. The van der Waals surface area contributed by atoms with Crippen LogP contribution in [0.1, 0.15) is 27.2 Å². The SMILES string of the molecule is Cc1csc(SCc2ccc(C(=O)NCCc3ccc4c(c3)OCCO4)cc2)n1. The summed E-state index contributed by atoms with van der Waals surface area (Å²) in [6.45, 7) is 3.73. The monoisotopic (exact) mass is 426 g/mol. The molecule has 0 saturated heterocycles. The number of amides is 1. The minimum Gasteiger partial charge on any atom is -0.486 e. The highest BCUT2D eigenvalue weighted by molar-refractivity contribution is 8.00. The van der Waals surface area contributed by atoms with Gasteiger partial charge in [-0.1, -0.05) is 30.0 Å². The highest BCUT2D eigenvalue weighted by Gasteiger charge is 2.12. The van der Waals surface area contributed by atoms with Gasteiger partial charge in [0.1, 0.15) is 17.6 Å². The molecule has 0 aliphatic carbocycles. The number of nitrogens with one attached hydrogen (secondary N) is 1. The fourth-order valence-corrected chi connectivity index (χ4v) is 4.77. The minimum atomic E-state index is -0.0581. The largest absolute Gasteiger partial charge is 0.486 e. The van der Waals surface area contributed by atoms with Gasteiger partial charge in [-0.3, -0.25) is 4.79 Å². The standard InChI is InChI=1S/C22H22N2O3S2/c1-15-13-28-22(24-15)29-14-17-2-5-18(6-3-17)21(25)23-9-8-16-4-7-19-20(12-16)27-11-10-26-19/h2-7,12-13H,8-11,14H2,1H3,(H,23,25). The van der Waals surface area contributed by atoms with Crippen LogP contribution in [0.25, 0.3) is 0 Å². The van der Waals surface area contributed by atoms with Crippen LogP contribution in [-0.2, 0) is 12.2 Å². The first-order chi connectivity index (χ1) is 14.2. The first kappa shape index (κ1) is 19.8. The number of ether oxygens (including phenoxy) is 2. The lowest BCUT2D eigenvalue weighted by Crippen LogP contribution is -2.25. The van der Waals surface area contributed by atoms with Crippen LogP contribution >= 0.6 is 23.1 Å². The third-order valence-corrected chi connectivity index (χ3v) is 6.69. The molecule has 0 atom stereocenters. The summed E-state index contributed by atoms with van der Waals surface area (Å²) in [7, 11) is 0. The smallest absolute Gasteiger partial charge is 0.251 e. The zero-order valence-electron chi connectivity index (χ0n) is 16.1. The van der Waals surface area contributed by atoms with E-state index in [9.17, 15) is 4.79 Å². The highest BCUT2D eigenvalue weighted by atomic mass is 32.2. The molecule has 2 heterocycles. The average Bonchev–Trinajstić information content (AvgIpc) is 3.17. The number of fused-ring (bicyclic) bond motifs is 1. The van der Waals surface area contributed by atoms with Crippen molar-refractivity contribution in [1.82, 2.24) is 10.3 Å². The van der Waals surface area contributed by atoms with Crippen molar-refractivity contribution in [3.05, 3.63) is 70.2 Å². The molecule has 29 heavy (non-hydrogen) atoms. The summed E-state index contributed by atoms with van der Waals surface area (Å²) < 4.78 is 12.2. The first-order valence-corrected chi connectivity index (χ1v) is 11.3. The fraction of sp³-hybridized carbons (Fsp3) is 0.273. The summed E-state index contributed by atoms with van der Waals surface area (Å²) in [6.07, 6.45) is 0.740. The second-order valence-corrected chi connectivity index (χ2v) is 8.80. The lowest BCUT2D eigenvalue weighted by molar-refractivity contribution is 0.0954. The van der Waals surface area contributed by atoms with Crippen LogP contribution in [0.4, 0.5) is 0 Å². The van der Waals surface area contributed by atoms with Crippen LogP contribution in [0.5, 0.6) is 11.5 Å². The van der Waals surface area contributed by atoms with Crippen LogP contribution in [0.15, 0.2) is 52.2 Å². The Morgan fingerprint density at radius 3 is 2.62 bits per heavy atom. The maximum atomic E-state index is 12.4. The Bertz CT molecular complexity index is 986. The summed E-state index contributed by atoms with van der Waals surface area (Å²) in [6, 6.07) is 13.7. The molecular formula is C22H22N2O3S2. The van der Waals surface area contributed by atoms with Crippen molar-refractivity contribution in [2.45, 2.75) is 23.4 Å². The molecule has 3 aromatic rings. The Hall–Kier alpha value is -2.51. The van der Waals surface area contributed by atoms with Gasteiger partial charge in [0, 0.05) is 28.9 Å². The quantitative estimate of drug-likeness (QED) is 0.564. The van der Waals surface area contributed by atoms with Gasteiger partial charge in [-0.2, -0.15) is 0 Å². The van der Waals surface area contributed by atoms with E-state index in [0.29, 0.717) is 25.3 Å². The number of hydrogen-bond donors (Lipinski definition) is 1. The lowest BCUT2D eigenvalue weighted by Gasteiger charge is -2.18. The van der Waals surface area contributed by atoms with E-state index in [0.717, 1.165) is 39.3 Å². The van der Waals surface area contributed by atoms with E-state index in [-0.39, 0.29) is 5.91 Å². The maximum Gasteiger partial charge on any atom is 0.251 e. The first-order valence-electron chi connectivity index (χ1n) is 9.48.